The Morgan fingerprint density at radius 3 is 2.11 bits per heavy atom. The largest absolute Gasteiger partial charge is 0.397 e. The van der Waals surface area contributed by atoms with Crippen molar-refractivity contribution in [3.8, 4) is 6.07 Å². The maximum Gasteiger partial charge on any atom is 0.397 e. The van der Waals surface area contributed by atoms with Gasteiger partial charge in [0.05, 0.1) is 11.7 Å². The molecule has 3 unspecified atom stereocenters. The zero-order chi connectivity index (χ0) is 21.2. The molecule has 0 aliphatic heterocycles. The first-order chi connectivity index (χ1) is 12.3. The van der Waals surface area contributed by atoms with Gasteiger partial charge in [-0.2, -0.15) is 22.8 Å². The molecule has 1 heterocycles. The Morgan fingerprint density at radius 2 is 1.70 bits per heavy atom. The van der Waals surface area contributed by atoms with Gasteiger partial charge < -0.3 is 9.84 Å². The molecule has 27 heavy (non-hydrogen) atoms. The number of pyridine rings is 1. The predicted octanol–water partition coefficient (Wildman–Crippen LogP) is 4.42. The molecule has 10 heteroatoms. The molecule has 0 aliphatic rings. The topological polar surface area (TPSA) is 66.1 Å². The van der Waals surface area contributed by atoms with Crippen LogP contribution in [0.2, 0.25) is 0 Å². The number of nitrogens with zero attached hydrogens (tertiary/aromatic N) is 2. The normalized spacial score (nSPS) is 15.9. The molecule has 0 bridgehead atoms. The minimum Gasteiger partial charge on any atom is -0.392 e. The van der Waals surface area contributed by atoms with Crippen molar-refractivity contribution in [3.63, 3.8) is 0 Å². The molecule has 0 saturated heterocycles. The average Bonchev–Trinajstić information content (AvgIpc) is 2.53. The van der Waals surface area contributed by atoms with Gasteiger partial charge in [0.2, 0.25) is 0 Å². The Hall–Kier alpha value is -1.86. The molecule has 0 saturated carbocycles. The number of hydrogen-bond donors (Lipinski definition) is 1. The highest BCUT2D eigenvalue weighted by Gasteiger charge is 2.54. The number of aliphatic hydroxyl groups excluding tert-OH is 1. The lowest BCUT2D eigenvalue weighted by atomic mass is 9.77. The molecule has 0 amide bonds. The van der Waals surface area contributed by atoms with E-state index in [-0.39, 0.29) is 13.0 Å². The quantitative estimate of drug-likeness (QED) is 0.569. The van der Waals surface area contributed by atoms with E-state index in [1.807, 2.05) is 0 Å². The molecule has 0 radical (unpaired) electrons. The maximum atomic E-state index is 14.5. The lowest BCUT2D eigenvalue weighted by Crippen LogP contribution is -2.46. The third kappa shape index (κ3) is 5.11. The molecule has 1 aromatic heterocycles. The number of hydrogen-bond acceptors (Lipinski definition) is 4. The average molecular weight is 398 g/mol. The summed E-state index contributed by atoms with van der Waals surface area (Å²) in [5.41, 5.74) is -3.97. The molecule has 0 aliphatic carbocycles. The van der Waals surface area contributed by atoms with Gasteiger partial charge in [-0.25, -0.2) is 13.8 Å². The van der Waals surface area contributed by atoms with Crippen LogP contribution in [0, 0.1) is 40.2 Å². The van der Waals surface area contributed by atoms with Gasteiger partial charge in [0, 0.05) is 6.61 Å². The molecule has 0 spiro atoms. The molecule has 1 aromatic rings. The fourth-order valence-electron chi connectivity index (χ4n) is 2.52. The van der Waals surface area contributed by atoms with Gasteiger partial charge in [-0.05, 0) is 11.8 Å². The van der Waals surface area contributed by atoms with E-state index in [2.05, 4.69) is 4.98 Å². The first kappa shape index (κ1) is 23.2. The summed E-state index contributed by atoms with van der Waals surface area (Å²) >= 11 is 0. The van der Waals surface area contributed by atoms with Crippen LogP contribution < -0.4 is 0 Å². The molecule has 4 nitrogen and oxygen atoms in total. The number of aliphatic hydroxyl groups is 1. The molecular weight excluding hydrogens is 378 g/mol. The van der Waals surface area contributed by atoms with E-state index in [4.69, 9.17) is 10.00 Å². The van der Waals surface area contributed by atoms with Gasteiger partial charge in [0.1, 0.15) is 18.1 Å². The summed E-state index contributed by atoms with van der Waals surface area (Å²) in [6.45, 7) is 5.09. The number of nitriles is 1. The van der Waals surface area contributed by atoms with Crippen molar-refractivity contribution in [1.29, 1.82) is 5.26 Å². The van der Waals surface area contributed by atoms with Crippen molar-refractivity contribution >= 4 is 0 Å². The zero-order valence-electron chi connectivity index (χ0n) is 15.2. The van der Waals surface area contributed by atoms with Gasteiger partial charge >= 0.3 is 6.18 Å². The SMILES string of the molecule is CCCOC(c1c(F)c(F)nc(C#N)c1F)C(C(O)C(C)(C)C)C(F)(F)F. The van der Waals surface area contributed by atoms with Crippen LogP contribution in [-0.4, -0.2) is 29.0 Å². The summed E-state index contributed by atoms with van der Waals surface area (Å²) in [6, 6.07) is 1.16. The van der Waals surface area contributed by atoms with Gasteiger partial charge in [0.15, 0.2) is 17.3 Å². The van der Waals surface area contributed by atoms with E-state index in [1.165, 1.54) is 20.8 Å². The third-order valence-electron chi connectivity index (χ3n) is 3.90. The minimum atomic E-state index is -5.14. The van der Waals surface area contributed by atoms with Crippen LogP contribution in [0.3, 0.4) is 0 Å². The van der Waals surface area contributed by atoms with Gasteiger partial charge in [-0.3, -0.25) is 0 Å². The van der Waals surface area contributed by atoms with Crippen molar-refractivity contribution in [1.82, 2.24) is 4.98 Å². The van der Waals surface area contributed by atoms with Crippen LogP contribution in [0.5, 0.6) is 0 Å². The third-order valence-corrected chi connectivity index (χ3v) is 3.90. The van der Waals surface area contributed by atoms with Crippen LogP contribution in [0.1, 0.15) is 51.5 Å². The molecule has 0 fully saturated rings. The lowest BCUT2D eigenvalue weighted by molar-refractivity contribution is -0.248. The first-order valence-electron chi connectivity index (χ1n) is 8.08. The van der Waals surface area contributed by atoms with Gasteiger partial charge in [-0.15, -0.1) is 0 Å². The Labute approximate surface area is 152 Å². The summed E-state index contributed by atoms with van der Waals surface area (Å²) in [6.07, 6.45) is -9.51. The lowest BCUT2D eigenvalue weighted by Gasteiger charge is -2.38. The smallest absolute Gasteiger partial charge is 0.392 e. The fraction of sp³-hybridized carbons (Fsp3) is 0.647. The standard InChI is InChI=1S/C17H20F6N2O2/c1-5-6-27-13(10(17(21,22)23)14(26)16(2,3)4)9-11(18)8(7-24)25-15(20)12(9)19/h10,13-14,26H,5-6H2,1-4H3. The molecule has 1 N–H and O–H groups in total. The number of halogens is 6. The highest BCUT2D eigenvalue weighted by molar-refractivity contribution is 5.32. The van der Waals surface area contributed by atoms with E-state index < -0.39 is 58.6 Å². The summed E-state index contributed by atoms with van der Waals surface area (Å²) in [5.74, 6) is -8.46. The number of alkyl halides is 3. The summed E-state index contributed by atoms with van der Waals surface area (Å²) in [4.78, 5) is 2.75. The molecule has 3 atom stereocenters. The van der Waals surface area contributed by atoms with Gasteiger partial charge in [-0.1, -0.05) is 27.7 Å². The maximum absolute atomic E-state index is 14.5. The second kappa shape index (κ2) is 8.44. The van der Waals surface area contributed by atoms with E-state index >= 15 is 0 Å². The van der Waals surface area contributed by atoms with Crippen LogP contribution in [0.4, 0.5) is 26.3 Å². The van der Waals surface area contributed by atoms with Crippen LogP contribution in [-0.2, 0) is 4.74 Å². The van der Waals surface area contributed by atoms with Crippen molar-refractivity contribution in [3.05, 3.63) is 28.8 Å². The Bertz CT molecular complexity index is 709. The van der Waals surface area contributed by atoms with Crippen LogP contribution >= 0.6 is 0 Å². The van der Waals surface area contributed by atoms with Crippen molar-refractivity contribution in [2.24, 2.45) is 11.3 Å². The van der Waals surface area contributed by atoms with Crippen molar-refractivity contribution < 1.29 is 36.2 Å². The minimum absolute atomic E-state index is 0.189. The van der Waals surface area contributed by atoms with E-state index in [0.717, 1.165) is 6.07 Å². The predicted molar refractivity (Wildman–Crippen MR) is 82.8 cm³/mol. The zero-order valence-corrected chi connectivity index (χ0v) is 15.2. The summed E-state index contributed by atoms with van der Waals surface area (Å²) in [7, 11) is 0. The summed E-state index contributed by atoms with van der Waals surface area (Å²) in [5, 5.41) is 19.1. The monoisotopic (exact) mass is 398 g/mol. The number of aromatic nitrogens is 1. The van der Waals surface area contributed by atoms with Gasteiger partial charge in [0.25, 0.3) is 5.95 Å². The Balaban J connectivity index is 3.75. The van der Waals surface area contributed by atoms with E-state index in [0.29, 0.717) is 0 Å². The first-order valence-corrected chi connectivity index (χ1v) is 8.08. The van der Waals surface area contributed by atoms with E-state index in [1.54, 1.807) is 6.92 Å². The Morgan fingerprint density at radius 1 is 1.15 bits per heavy atom. The Kier molecular flexibility index (Phi) is 7.24. The van der Waals surface area contributed by atoms with Crippen LogP contribution in [0.15, 0.2) is 0 Å². The molecular formula is C17H20F6N2O2. The second-order valence-corrected chi connectivity index (χ2v) is 7.07. The summed E-state index contributed by atoms with van der Waals surface area (Å²) < 4.78 is 88.7. The van der Waals surface area contributed by atoms with Crippen molar-refractivity contribution in [2.45, 2.75) is 52.5 Å². The highest BCUT2D eigenvalue weighted by atomic mass is 19.4. The fourth-order valence-corrected chi connectivity index (χ4v) is 2.52. The number of ether oxygens (including phenoxy) is 1. The molecule has 152 valence electrons. The second-order valence-electron chi connectivity index (χ2n) is 7.07. The molecule has 0 aromatic carbocycles. The highest BCUT2D eigenvalue weighted by Crippen LogP contribution is 2.46. The van der Waals surface area contributed by atoms with E-state index in [9.17, 15) is 31.4 Å². The van der Waals surface area contributed by atoms with Crippen molar-refractivity contribution in [2.75, 3.05) is 6.61 Å². The van der Waals surface area contributed by atoms with Crippen LogP contribution in [0.25, 0.3) is 0 Å². The number of rotatable bonds is 6. The molecule has 1 rings (SSSR count).